The zero-order valence-corrected chi connectivity index (χ0v) is 25.7. The van der Waals surface area contributed by atoms with E-state index in [1.807, 2.05) is 32.0 Å². The summed E-state index contributed by atoms with van der Waals surface area (Å²) in [7, 11) is -0.202. The second-order valence-electron chi connectivity index (χ2n) is 11.3. The maximum absolute atomic E-state index is 14.2. The SMILES string of the molecule is Cc1ccc(S(=O)(=O)n2cc(-c3ccn(C(CN(C)C)c4cccc(F)c4)c(=O)c3)c3cc(N4CCOCC4)cnc32)cc1. The molecule has 1 aliphatic heterocycles. The van der Waals surface area contributed by atoms with Gasteiger partial charge in [-0.05, 0) is 68.5 Å². The summed E-state index contributed by atoms with van der Waals surface area (Å²) in [6, 6.07) is 17.7. The first kappa shape index (κ1) is 29.7. The highest BCUT2D eigenvalue weighted by Crippen LogP contribution is 2.34. The molecule has 9 nitrogen and oxygen atoms in total. The van der Waals surface area contributed by atoms with Gasteiger partial charge in [-0.1, -0.05) is 29.8 Å². The third-order valence-corrected chi connectivity index (χ3v) is 9.58. The van der Waals surface area contributed by atoms with Crippen LogP contribution in [0.15, 0.2) is 95.0 Å². The number of anilines is 1. The van der Waals surface area contributed by atoms with E-state index in [0.29, 0.717) is 54.9 Å². The van der Waals surface area contributed by atoms with Crippen molar-refractivity contribution in [3.05, 3.63) is 113 Å². The smallest absolute Gasteiger partial charge is 0.269 e. The Morgan fingerprint density at radius 3 is 2.45 bits per heavy atom. The van der Waals surface area contributed by atoms with Crippen molar-refractivity contribution in [3.63, 3.8) is 0 Å². The number of likely N-dealkylation sites (N-methyl/N-ethyl adjacent to an activating group) is 1. The molecule has 11 heteroatoms. The molecule has 1 unspecified atom stereocenters. The lowest BCUT2D eigenvalue weighted by atomic mass is 10.0. The molecule has 6 rings (SSSR count). The van der Waals surface area contributed by atoms with Crippen molar-refractivity contribution in [2.45, 2.75) is 17.9 Å². The lowest BCUT2D eigenvalue weighted by Crippen LogP contribution is -2.36. The van der Waals surface area contributed by atoms with Crippen molar-refractivity contribution in [2.24, 2.45) is 0 Å². The number of aromatic nitrogens is 3. The largest absolute Gasteiger partial charge is 0.378 e. The third kappa shape index (κ3) is 5.78. The lowest BCUT2D eigenvalue weighted by molar-refractivity contribution is 0.122. The summed E-state index contributed by atoms with van der Waals surface area (Å²) in [4.78, 5) is 22.6. The number of nitrogens with zero attached hydrogens (tertiary/aromatic N) is 5. The minimum Gasteiger partial charge on any atom is -0.378 e. The molecule has 5 aromatic rings. The van der Waals surface area contributed by atoms with Gasteiger partial charge in [-0.25, -0.2) is 21.8 Å². The first-order valence-electron chi connectivity index (χ1n) is 14.4. The molecule has 1 fully saturated rings. The molecule has 0 radical (unpaired) electrons. The molecule has 0 saturated carbocycles. The molecule has 0 N–H and O–H groups in total. The lowest BCUT2D eigenvalue weighted by Gasteiger charge is -2.28. The van der Waals surface area contributed by atoms with Gasteiger partial charge >= 0.3 is 0 Å². The Balaban J connectivity index is 1.50. The highest BCUT2D eigenvalue weighted by atomic mass is 32.2. The van der Waals surface area contributed by atoms with Crippen molar-refractivity contribution >= 4 is 26.7 Å². The fourth-order valence-electron chi connectivity index (χ4n) is 5.63. The Morgan fingerprint density at radius 2 is 1.77 bits per heavy atom. The Hall–Kier alpha value is -4.32. The summed E-state index contributed by atoms with van der Waals surface area (Å²) in [5.41, 5.74) is 3.56. The van der Waals surface area contributed by atoms with Crippen LogP contribution in [-0.4, -0.2) is 73.8 Å². The van der Waals surface area contributed by atoms with Gasteiger partial charge in [-0.15, -0.1) is 0 Å². The summed E-state index contributed by atoms with van der Waals surface area (Å²) < 4.78 is 50.2. The molecule has 1 saturated heterocycles. The minimum absolute atomic E-state index is 0.141. The monoisotopic (exact) mass is 615 g/mol. The highest BCUT2D eigenvalue weighted by Gasteiger charge is 2.25. The first-order valence-corrected chi connectivity index (χ1v) is 15.8. The second-order valence-corrected chi connectivity index (χ2v) is 13.1. The van der Waals surface area contributed by atoms with Crippen molar-refractivity contribution in [2.75, 3.05) is 51.8 Å². The van der Waals surface area contributed by atoms with Gasteiger partial charge in [0.15, 0.2) is 5.65 Å². The van der Waals surface area contributed by atoms with E-state index in [4.69, 9.17) is 4.74 Å². The fourth-order valence-corrected chi connectivity index (χ4v) is 6.95. The van der Waals surface area contributed by atoms with E-state index in [-0.39, 0.29) is 21.9 Å². The molecule has 4 heterocycles. The van der Waals surface area contributed by atoms with Crippen molar-refractivity contribution < 1.29 is 17.5 Å². The number of fused-ring (bicyclic) bond motifs is 1. The molecular formula is C33H34FN5O4S. The van der Waals surface area contributed by atoms with Gasteiger partial charge in [0.25, 0.3) is 15.6 Å². The van der Waals surface area contributed by atoms with Crippen LogP contribution in [0.3, 0.4) is 0 Å². The molecule has 1 atom stereocenters. The van der Waals surface area contributed by atoms with Gasteiger partial charge in [0.05, 0.1) is 36.0 Å². The third-order valence-electron chi connectivity index (χ3n) is 7.92. The standard InChI is InChI=1S/C33H34FN5O4S/c1-23-7-9-28(10-8-23)44(41,42)39-21-30(29-19-27(20-35-33(29)39)37-13-15-43-16-14-37)24-11-12-38(32(40)18-24)31(22-36(2)3)25-5-4-6-26(34)17-25/h4-12,17-21,31H,13-16,22H2,1-3H3. The van der Waals surface area contributed by atoms with Gasteiger partial charge in [0.1, 0.15) is 5.82 Å². The number of hydrogen-bond donors (Lipinski definition) is 0. The van der Waals surface area contributed by atoms with E-state index >= 15 is 0 Å². The summed E-state index contributed by atoms with van der Waals surface area (Å²) in [5, 5.41) is 0.608. The zero-order valence-electron chi connectivity index (χ0n) is 24.9. The van der Waals surface area contributed by atoms with Crippen LogP contribution in [0.5, 0.6) is 0 Å². The van der Waals surface area contributed by atoms with Gasteiger partial charge in [0, 0.05) is 49.0 Å². The van der Waals surface area contributed by atoms with Crippen LogP contribution in [0.4, 0.5) is 10.1 Å². The number of aryl methyl sites for hydroxylation is 1. The van der Waals surface area contributed by atoms with Gasteiger partial charge in [-0.2, -0.15) is 0 Å². The van der Waals surface area contributed by atoms with Gasteiger partial charge in [-0.3, -0.25) is 4.79 Å². The molecule has 3 aromatic heterocycles. The normalized spacial score (nSPS) is 14.8. The quantitative estimate of drug-likeness (QED) is 0.253. The van der Waals surface area contributed by atoms with Crippen LogP contribution in [0, 0.1) is 12.7 Å². The topological polar surface area (TPSA) is 89.7 Å². The molecule has 44 heavy (non-hydrogen) atoms. The number of pyridine rings is 2. The number of morpholine rings is 1. The van der Waals surface area contributed by atoms with Crippen LogP contribution >= 0.6 is 0 Å². The van der Waals surface area contributed by atoms with Crippen molar-refractivity contribution in [1.29, 1.82) is 0 Å². The predicted octanol–water partition coefficient (Wildman–Crippen LogP) is 4.54. The minimum atomic E-state index is -4.00. The maximum Gasteiger partial charge on any atom is 0.269 e. The average Bonchev–Trinajstić information content (AvgIpc) is 3.40. The molecule has 0 aliphatic carbocycles. The summed E-state index contributed by atoms with van der Waals surface area (Å²) in [5.74, 6) is -0.373. The van der Waals surface area contributed by atoms with E-state index < -0.39 is 16.1 Å². The van der Waals surface area contributed by atoms with E-state index in [1.165, 1.54) is 22.2 Å². The van der Waals surface area contributed by atoms with E-state index in [1.54, 1.807) is 65.6 Å². The number of rotatable bonds is 8. The van der Waals surface area contributed by atoms with Crippen LogP contribution < -0.4 is 10.5 Å². The Labute approximate surface area is 255 Å². The van der Waals surface area contributed by atoms with Crippen LogP contribution in [0.25, 0.3) is 22.2 Å². The van der Waals surface area contributed by atoms with Gasteiger partial charge < -0.3 is 19.1 Å². The summed E-state index contributed by atoms with van der Waals surface area (Å²) in [6.07, 6.45) is 4.91. The predicted molar refractivity (Wildman–Crippen MR) is 169 cm³/mol. The van der Waals surface area contributed by atoms with Gasteiger partial charge in [0.2, 0.25) is 0 Å². The summed E-state index contributed by atoms with van der Waals surface area (Å²) in [6.45, 7) is 4.93. The Kier molecular flexibility index (Phi) is 8.10. The Bertz CT molecular complexity index is 1980. The molecule has 228 valence electrons. The second kappa shape index (κ2) is 12.0. The number of benzene rings is 2. The number of hydrogen-bond acceptors (Lipinski definition) is 7. The van der Waals surface area contributed by atoms with Crippen molar-refractivity contribution in [1.82, 2.24) is 18.4 Å². The molecule has 2 aromatic carbocycles. The molecule has 0 amide bonds. The maximum atomic E-state index is 14.2. The highest BCUT2D eigenvalue weighted by molar-refractivity contribution is 7.90. The molecular weight excluding hydrogens is 581 g/mol. The fraction of sp³-hybridized carbons (Fsp3) is 0.273. The van der Waals surface area contributed by atoms with Crippen LogP contribution in [0.1, 0.15) is 17.2 Å². The molecule has 0 spiro atoms. The average molecular weight is 616 g/mol. The number of halogens is 1. The van der Waals surface area contributed by atoms with E-state index in [2.05, 4.69) is 9.88 Å². The zero-order chi connectivity index (χ0) is 31.0. The summed E-state index contributed by atoms with van der Waals surface area (Å²) >= 11 is 0. The molecule has 1 aliphatic rings. The van der Waals surface area contributed by atoms with Crippen molar-refractivity contribution in [3.8, 4) is 11.1 Å². The number of ether oxygens (including phenoxy) is 1. The first-order chi connectivity index (χ1) is 21.1. The Morgan fingerprint density at radius 1 is 1.02 bits per heavy atom. The van der Waals surface area contributed by atoms with E-state index in [0.717, 1.165) is 11.3 Å². The molecule has 0 bridgehead atoms. The van der Waals surface area contributed by atoms with Crippen LogP contribution in [0.2, 0.25) is 0 Å². The van der Waals surface area contributed by atoms with E-state index in [9.17, 15) is 17.6 Å². The van der Waals surface area contributed by atoms with Crippen LogP contribution in [-0.2, 0) is 14.8 Å².